The van der Waals surface area contributed by atoms with Crippen LogP contribution in [-0.2, 0) is 4.79 Å². The summed E-state index contributed by atoms with van der Waals surface area (Å²) in [6.45, 7) is 9.63. The Balaban J connectivity index is 1.73. The number of rotatable bonds is 4. The van der Waals surface area contributed by atoms with Crippen LogP contribution in [0, 0.1) is 40.4 Å². The van der Waals surface area contributed by atoms with Crippen molar-refractivity contribution in [1.29, 1.82) is 0 Å². The largest absolute Gasteiger partial charge is 0.393 e. The predicted molar refractivity (Wildman–Crippen MR) is 110 cm³/mol. The van der Waals surface area contributed by atoms with E-state index in [2.05, 4.69) is 33.8 Å². The zero-order valence-corrected chi connectivity index (χ0v) is 18.0. The molecule has 5 unspecified atom stereocenters. The third-order valence-corrected chi connectivity index (χ3v) is 9.75. The van der Waals surface area contributed by atoms with Crippen LogP contribution in [0.25, 0.3) is 0 Å². The van der Waals surface area contributed by atoms with E-state index >= 15 is 0 Å². The topological polar surface area (TPSA) is 37.3 Å². The summed E-state index contributed by atoms with van der Waals surface area (Å²) >= 11 is 0. The summed E-state index contributed by atoms with van der Waals surface area (Å²) in [5.41, 5.74) is 1.84. The quantitative estimate of drug-likeness (QED) is 0.664. The minimum Gasteiger partial charge on any atom is -0.393 e. The summed E-state index contributed by atoms with van der Waals surface area (Å²) in [5.74, 6) is 3.90. The van der Waals surface area contributed by atoms with E-state index in [1.54, 1.807) is 0 Å². The second-order valence-electron chi connectivity index (χ2n) is 11.0. The molecule has 0 spiro atoms. The Morgan fingerprint density at radius 3 is 2.70 bits per heavy atom. The fraction of sp³-hybridized carbons (Fsp3) is 0.880. The molecule has 0 radical (unpaired) electrons. The van der Waals surface area contributed by atoms with E-state index in [1.165, 1.54) is 44.1 Å². The number of carbonyl (C=O) groups is 1. The van der Waals surface area contributed by atoms with Gasteiger partial charge in [0.2, 0.25) is 0 Å². The zero-order chi connectivity index (χ0) is 19.4. The van der Waals surface area contributed by atoms with Gasteiger partial charge in [-0.05, 0) is 85.0 Å². The first kappa shape index (κ1) is 19.7. The van der Waals surface area contributed by atoms with E-state index < -0.39 is 0 Å². The van der Waals surface area contributed by atoms with Crippen molar-refractivity contribution >= 4 is 5.78 Å². The normalized spacial score (nSPS) is 47.7. The van der Waals surface area contributed by atoms with Gasteiger partial charge in [-0.3, -0.25) is 4.79 Å². The first-order chi connectivity index (χ1) is 12.8. The molecule has 3 saturated carbocycles. The van der Waals surface area contributed by atoms with Crippen molar-refractivity contribution in [3.05, 3.63) is 11.6 Å². The molecule has 0 aromatic heterocycles. The number of ketones is 1. The van der Waals surface area contributed by atoms with E-state index in [4.69, 9.17) is 0 Å². The number of aliphatic hydroxyl groups excluding tert-OH is 1. The molecule has 0 aliphatic heterocycles. The van der Waals surface area contributed by atoms with Crippen molar-refractivity contribution in [2.45, 2.75) is 98.0 Å². The maximum Gasteiger partial charge on any atom is 0.155 e. The maximum atomic E-state index is 12.2. The SMILES string of the molecule is CCCCC(C)C1CC2=CC(=O)CC[C@]2(C)C2CC[C@@]3(C)C(CC[C@@H]3O)C12. The van der Waals surface area contributed by atoms with Crippen molar-refractivity contribution in [2.24, 2.45) is 40.4 Å². The number of unbranched alkanes of at least 4 members (excludes halogenated alkanes) is 1. The van der Waals surface area contributed by atoms with Gasteiger partial charge in [0.1, 0.15) is 0 Å². The fourth-order valence-corrected chi connectivity index (χ4v) is 7.91. The summed E-state index contributed by atoms with van der Waals surface area (Å²) in [7, 11) is 0. The van der Waals surface area contributed by atoms with Gasteiger partial charge in [0.15, 0.2) is 5.78 Å². The summed E-state index contributed by atoms with van der Waals surface area (Å²) in [5, 5.41) is 10.8. The second-order valence-corrected chi connectivity index (χ2v) is 11.0. The van der Waals surface area contributed by atoms with Crippen LogP contribution in [0.1, 0.15) is 91.9 Å². The Kier molecular flexibility index (Phi) is 5.11. The molecular formula is C25H40O2. The molecule has 8 atom stereocenters. The molecule has 3 fully saturated rings. The molecule has 0 bridgehead atoms. The van der Waals surface area contributed by atoms with Crippen LogP contribution in [0.15, 0.2) is 11.6 Å². The highest BCUT2D eigenvalue weighted by molar-refractivity contribution is 5.91. The lowest BCUT2D eigenvalue weighted by molar-refractivity contribution is -0.122. The average Bonchev–Trinajstić information content (AvgIpc) is 2.95. The molecule has 152 valence electrons. The van der Waals surface area contributed by atoms with E-state index in [0.717, 1.165) is 37.5 Å². The molecule has 1 N–H and O–H groups in total. The molecule has 4 aliphatic carbocycles. The van der Waals surface area contributed by atoms with Gasteiger partial charge >= 0.3 is 0 Å². The van der Waals surface area contributed by atoms with Gasteiger partial charge in [-0.2, -0.15) is 0 Å². The van der Waals surface area contributed by atoms with Crippen LogP contribution in [0.4, 0.5) is 0 Å². The van der Waals surface area contributed by atoms with Gasteiger partial charge in [-0.15, -0.1) is 0 Å². The van der Waals surface area contributed by atoms with Crippen LogP contribution < -0.4 is 0 Å². The van der Waals surface area contributed by atoms with Crippen LogP contribution in [0.5, 0.6) is 0 Å². The molecule has 2 nitrogen and oxygen atoms in total. The van der Waals surface area contributed by atoms with Crippen molar-refractivity contribution in [1.82, 2.24) is 0 Å². The number of carbonyl (C=O) groups excluding carboxylic acids is 1. The molecule has 0 heterocycles. The molecule has 0 saturated heterocycles. The van der Waals surface area contributed by atoms with Crippen molar-refractivity contribution in [3.63, 3.8) is 0 Å². The predicted octanol–water partition coefficient (Wildman–Crippen LogP) is 5.93. The molecule has 4 aliphatic rings. The lowest BCUT2D eigenvalue weighted by Gasteiger charge is -2.61. The van der Waals surface area contributed by atoms with Gasteiger partial charge in [0, 0.05) is 6.42 Å². The standard InChI is InChI=1S/C25H40O2/c1-5-6-7-16(2)19-15-17-14-18(26)10-12-24(17,3)21-11-13-25(4)20(23(19)21)8-9-22(25)27/h14,16,19-23,27H,5-13,15H2,1-4H3/t16?,19?,20?,21?,22-,23?,24-,25-/m0/s1. The lowest BCUT2D eigenvalue weighted by Crippen LogP contribution is -2.55. The van der Waals surface area contributed by atoms with E-state index in [0.29, 0.717) is 23.5 Å². The fourth-order valence-electron chi connectivity index (χ4n) is 7.91. The van der Waals surface area contributed by atoms with Crippen molar-refractivity contribution in [3.8, 4) is 0 Å². The van der Waals surface area contributed by atoms with Crippen molar-refractivity contribution < 1.29 is 9.90 Å². The Labute approximate surface area is 166 Å². The van der Waals surface area contributed by atoms with Gasteiger partial charge in [0.25, 0.3) is 0 Å². The van der Waals surface area contributed by atoms with Gasteiger partial charge < -0.3 is 5.11 Å². The first-order valence-electron chi connectivity index (χ1n) is 11.7. The zero-order valence-electron chi connectivity index (χ0n) is 18.0. The number of aliphatic hydroxyl groups is 1. The molecule has 27 heavy (non-hydrogen) atoms. The van der Waals surface area contributed by atoms with Gasteiger partial charge in [-0.1, -0.05) is 52.5 Å². The molecule has 0 aromatic rings. The second kappa shape index (κ2) is 7.01. The number of hydrogen-bond donors (Lipinski definition) is 1. The Morgan fingerprint density at radius 2 is 1.96 bits per heavy atom. The smallest absolute Gasteiger partial charge is 0.155 e. The third kappa shape index (κ3) is 2.96. The van der Waals surface area contributed by atoms with E-state index in [9.17, 15) is 9.90 Å². The summed E-state index contributed by atoms with van der Waals surface area (Å²) in [6.07, 6.45) is 13.4. The average molecular weight is 373 g/mol. The number of allylic oxidation sites excluding steroid dienone is 1. The molecular weight excluding hydrogens is 332 g/mol. The number of hydrogen-bond acceptors (Lipinski definition) is 2. The van der Waals surface area contributed by atoms with Crippen LogP contribution in [0.2, 0.25) is 0 Å². The Morgan fingerprint density at radius 1 is 1.19 bits per heavy atom. The number of fused-ring (bicyclic) bond motifs is 5. The van der Waals surface area contributed by atoms with Gasteiger partial charge in [0.05, 0.1) is 6.10 Å². The minimum absolute atomic E-state index is 0.104. The van der Waals surface area contributed by atoms with Crippen LogP contribution in [-0.4, -0.2) is 17.0 Å². The third-order valence-electron chi connectivity index (χ3n) is 9.75. The highest BCUT2D eigenvalue weighted by atomic mass is 16.3. The Bertz CT molecular complexity index is 622. The molecule has 0 amide bonds. The highest BCUT2D eigenvalue weighted by Gasteiger charge is 2.61. The van der Waals surface area contributed by atoms with Gasteiger partial charge in [-0.25, -0.2) is 0 Å². The maximum absolute atomic E-state index is 12.2. The molecule has 2 heteroatoms. The summed E-state index contributed by atoms with van der Waals surface area (Å²) in [6, 6.07) is 0. The minimum atomic E-state index is -0.104. The summed E-state index contributed by atoms with van der Waals surface area (Å²) in [4.78, 5) is 12.2. The van der Waals surface area contributed by atoms with E-state index in [1.807, 2.05) is 0 Å². The molecule has 4 rings (SSSR count). The van der Waals surface area contributed by atoms with E-state index in [-0.39, 0.29) is 16.9 Å². The highest BCUT2D eigenvalue weighted by Crippen LogP contribution is 2.67. The lowest BCUT2D eigenvalue weighted by atomic mass is 9.43. The van der Waals surface area contributed by atoms with Crippen LogP contribution >= 0.6 is 0 Å². The Hall–Kier alpha value is -0.630. The first-order valence-corrected chi connectivity index (χ1v) is 11.7. The summed E-state index contributed by atoms with van der Waals surface area (Å²) < 4.78 is 0. The monoisotopic (exact) mass is 372 g/mol. The van der Waals surface area contributed by atoms with Crippen molar-refractivity contribution in [2.75, 3.05) is 0 Å². The van der Waals surface area contributed by atoms with Crippen LogP contribution in [0.3, 0.4) is 0 Å². The molecule has 0 aromatic carbocycles.